The molecule has 4 aromatic rings. The van der Waals surface area contributed by atoms with Crippen molar-refractivity contribution in [2.24, 2.45) is 15.9 Å². The Morgan fingerprint density at radius 1 is 0.878 bits per heavy atom. The number of carbonyl (C=O) groups is 1. The number of carbonyl (C=O) groups excluding carboxylic acids is 1. The monoisotopic (exact) mass is 586 g/mol. The number of hydrogen-bond donors (Lipinski definition) is 2. The van der Waals surface area contributed by atoms with Crippen molar-refractivity contribution in [2.45, 2.75) is 31.3 Å². The van der Waals surface area contributed by atoms with Gasteiger partial charge in [-0.3, -0.25) is 4.90 Å². The largest absolute Gasteiger partial charge is 0.415 e. The molecule has 0 heterocycles. The molecule has 0 spiro atoms. The minimum absolute atomic E-state index is 0.0169. The van der Waals surface area contributed by atoms with E-state index in [0.29, 0.717) is 46.2 Å². The molecule has 4 aromatic carbocycles. The van der Waals surface area contributed by atoms with Crippen LogP contribution >= 0.6 is 12.2 Å². The van der Waals surface area contributed by atoms with Crippen LogP contribution in [0.4, 0.5) is 4.79 Å². The number of aliphatic imine (C=N–C) groups is 1. The zero-order valence-corrected chi connectivity index (χ0v) is 24.1. The third-order valence-electron chi connectivity index (χ3n) is 6.18. The minimum Gasteiger partial charge on any atom is -0.410 e. The summed E-state index contributed by atoms with van der Waals surface area (Å²) in [6.45, 7) is 2.49. The highest BCUT2D eigenvalue weighted by molar-refractivity contribution is 7.89. The zero-order chi connectivity index (χ0) is 29.4. The second-order valence-corrected chi connectivity index (χ2v) is 11.2. The number of thiocarbonyl (C=S) groups is 1. The number of amidine groups is 1. The molecule has 4 rings (SSSR count). The van der Waals surface area contributed by atoms with Crippen molar-refractivity contribution in [2.75, 3.05) is 0 Å². The van der Waals surface area contributed by atoms with Gasteiger partial charge in [-0.25, -0.2) is 23.3 Å². The van der Waals surface area contributed by atoms with Gasteiger partial charge in [0.25, 0.3) is 0 Å². The third kappa shape index (κ3) is 8.07. The number of amides is 1. The van der Waals surface area contributed by atoms with E-state index in [1.807, 2.05) is 61.5 Å². The molecule has 0 aliphatic heterocycles. The zero-order valence-electron chi connectivity index (χ0n) is 22.4. The fourth-order valence-electron chi connectivity index (χ4n) is 4.14. The van der Waals surface area contributed by atoms with Crippen LogP contribution in [0.2, 0.25) is 0 Å². The summed E-state index contributed by atoms with van der Waals surface area (Å²) in [5, 5.41) is 5.38. The van der Waals surface area contributed by atoms with Crippen LogP contribution in [-0.2, 0) is 23.1 Å². The van der Waals surface area contributed by atoms with E-state index >= 15 is 0 Å². The molecule has 0 saturated carbocycles. The summed E-state index contributed by atoms with van der Waals surface area (Å²) in [5.74, 6) is 0.628. The van der Waals surface area contributed by atoms with Gasteiger partial charge in [0.1, 0.15) is 16.6 Å². The van der Waals surface area contributed by atoms with Crippen molar-refractivity contribution < 1.29 is 17.9 Å². The van der Waals surface area contributed by atoms with E-state index in [4.69, 9.17) is 27.8 Å². The molecule has 0 unspecified atom stereocenters. The first-order valence-corrected chi connectivity index (χ1v) is 14.8. The predicted molar refractivity (Wildman–Crippen MR) is 165 cm³/mol. The van der Waals surface area contributed by atoms with E-state index in [0.717, 1.165) is 11.1 Å². The Morgan fingerprint density at radius 2 is 1.51 bits per heavy atom. The first-order chi connectivity index (χ1) is 19.6. The fraction of sp³-hybridized carbons (Fsp3) is 0.129. The van der Waals surface area contributed by atoms with Gasteiger partial charge < -0.3 is 10.5 Å². The molecule has 8 nitrogen and oxygen atoms in total. The molecular formula is C31H30N4O4S2. The van der Waals surface area contributed by atoms with Gasteiger partial charge in [-0.05, 0) is 47.4 Å². The van der Waals surface area contributed by atoms with Crippen molar-refractivity contribution in [3.63, 3.8) is 0 Å². The van der Waals surface area contributed by atoms with Gasteiger partial charge in [0.2, 0.25) is 10.0 Å². The molecule has 0 aromatic heterocycles. The van der Waals surface area contributed by atoms with Crippen molar-refractivity contribution in [3.8, 4) is 16.9 Å². The van der Waals surface area contributed by atoms with E-state index in [1.54, 1.807) is 47.4 Å². The van der Waals surface area contributed by atoms with Crippen LogP contribution < -0.4 is 15.6 Å². The van der Waals surface area contributed by atoms with Crippen LogP contribution in [-0.4, -0.2) is 30.2 Å². The van der Waals surface area contributed by atoms with E-state index in [2.05, 4.69) is 4.99 Å². The first kappa shape index (κ1) is 29.6. The quantitative estimate of drug-likeness (QED) is 0.148. The summed E-state index contributed by atoms with van der Waals surface area (Å²) in [6.07, 6.45) is 0.0669. The molecule has 0 bridgehead atoms. The van der Waals surface area contributed by atoms with Crippen LogP contribution in [0.1, 0.15) is 30.0 Å². The molecule has 0 atom stereocenters. The van der Waals surface area contributed by atoms with Gasteiger partial charge in [-0.2, -0.15) is 0 Å². The molecule has 10 heteroatoms. The van der Waals surface area contributed by atoms with Crippen molar-refractivity contribution in [1.29, 1.82) is 0 Å². The molecule has 0 aliphatic carbocycles. The second kappa shape index (κ2) is 13.3. The van der Waals surface area contributed by atoms with Crippen molar-refractivity contribution >= 4 is 39.2 Å². The van der Waals surface area contributed by atoms with Gasteiger partial charge in [0.05, 0.1) is 4.90 Å². The average molecular weight is 587 g/mol. The van der Waals surface area contributed by atoms with Crippen LogP contribution in [0.5, 0.6) is 5.75 Å². The highest BCUT2D eigenvalue weighted by Crippen LogP contribution is 2.28. The summed E-state index contributed by atoms with van der Waals surface area (Å²) in [5.41, 5.74) is 9.72. The molecule has 0 aliphatic rings. The molecule has 0 radical (unpaired) electrons. The topological polar surface area (TPSA) is 128 Å². The van der Waals surface area contributed by atoms with E-state index < -0.39 is 16.1 Å². The average Bonchev–Trinajstić information content (AvgIpc) is 2.97. The van der Waals surface area contributed by atoms with Gasteiger partial charge in [0, 0.05) is 24.2 Å². The molecule has 41 heavy (non-hydrogen) atoms. The lowest BCUT2D eigenvalue weighted by atomic mass is 10.1. The van der Waals surface area contributed by atoms with Crippen LogP contribution in [0.15, 0.2) is 113 Å². The highest BCUT2D eigenvalue weighted by atomic mass is 32.2. The Kier molecular flexibility index (Phi) is 9.61. The Bertz CT molecular complexity index is 1670. The predicted octanol–water partition coefficient (Wildman–Crippen LogP) is 5.64. The van der Waals surface area contributed by atoms with Gasteiger partial charge in [0.15, 0.2) is 0 Å². The van der Waals surface area contributed by atoms with E-state index in [1.165, 1.54) is 6.07 Å². The van der Waals surface area contributed by atoms with E-state index in [-0.39, 0.29) is 11.4 Å². The molecule has 1 amide bonds. The highest BCUT2D eigenvalue weighted by Gasteiger charge is 2.19. The summed E-state index contributed by atoms with van der Waals surface area (Å²) in [6, 6.07) is 30.1. The Morgan fingerprint density at radius 3 is 2.20 bits per heavy atom. The standard InChI is InChI=1S/C31H30N4O4S2/c1-2-29(40)34-30(32)25-12-8-11-23(19-25)21-35(20-22-9-4-3-5-10-22)31(36)39-26-17-15-24(16-18-26)27-13-6-7-14-28(27)41(33,37)38/h3-19H,2,20-21H2,1H3,(H2,32,34,40)(H2,33,37,38). The number of primary sulfonamides is 1. The lowest BCUT2D eigenvalue weighted by Gasteiger charge is -2.23. The van der Waals surface area contributed by atoms with Crippen molar-refractivity contribution in [3.05, 3.63) is 120 Å². The summed E-state index contributed by atoms with van der Waals surface area (Å²) in [7, 11) is -3.91. The maximum atomic E-state index is 13.4. The maximum Gasteiger partial charge on any atom is 0.415 e. The number of sulfonamides is 1. The van der Waals surface area contributed by atoms with E-state index in [9.17, 15) is 13.2 Å². The Labute approximate surface area is 245 Å². The SMILES string of the molecule is CCC(=S)N=C(N)c1cccc(CN(Cc2ccccc2)C(=O)Oc2ccc(-c3ccccc3S(N)(=O)=O)cc2)c1. The molecule has 210 valence electrons. The lowest BCUT2D eigenvalue weighted by molar-refractivity contribution is 0.146. The van der Waals surface area contributed by atoms with Crippen molar-refractivity contribution in [1.82, 2.24) is 4.90 Å². The minimum atomic E-state index is -3.91. The molecular weight excluding hydrogens is 556 g/mol. The van der Waals surface area contributed by atoms with Gasteiger partial charge in [-0.15, -0.1) is 0 Å². The smallest absolute Gasteiger partial charge is 0.410 e. The second-order valence-electron chi connectivity index (χ2n) is 9.22. The number of nitrogens with two attached hydrogens (primary N) is 2. The Hall–Kier alpha value is -4.38. The van der Waals surface area contributed by atoms with Gasteiger partial charge in [-0.1, -0.05) is 98.0 Å². The fourth-order valence-corrected chi connectivity index (χ4v) is 5.00. The number of ether oxygens (including phenoxy) is 1. The van der Waals surface area contributed by atoms with Crippen LogP contribution in [0, 0.1) is 0 Å². The molecule has 0 saturated heterocycles. The summed E-state index contributed by atoms with van der Waals surface area (Å²) in [4.78, 5) is 19.8. The van der Waals surface area contributed by atoms with Crippen LogP contribution in [0.25, 0.3) is 11.1 Å². The maximum absolute atomic E-state index is 13.4. The van der Waals surface area contributed by atoms with Crippen LogP contribution in [0.3, 0.4) is 0 Å². The molecule has 4 N–H and O–H groups in total. The number of hydrogen-bond acceptors (Lipinski definition) is 5. The number of benzene rings is 4. The number of rotatable bonds is 9. The third-order valence-corrected chi connectivity index (χ3v) is 7.53. The Balaban J connectivity index is 1.56. The number of nitrogens with zero attached hydrogens (tertiary/aromatic N) is 2. The summed E-state index contributed by atoms with van der Waals surface area (Å²) < 4.78 is 29.8. The first-order valence-electron chi connectivity index (χ1n) is 12.8. The lowest BCUT2D eigenvalue weighted by Crippen LogP contribution is -2.32. The molecule has 0 fully saturated rings. The van der Waals surface area contributed by atoms with Gasteiger partial charge >= 0.3 is 6.09 Å². The summed E-state index contributed by atoms with van der Waals surface area (Å²) >= 11 is 5.19. The normalized spacial score (nSPS) is 11.6.